The minimum absolute atomic E-state index is 0.0448. The molecule has 102 valence electrons. The quantitative estimate of drug-likeness (QED) is 0.609. The molecule has 0 bridgehead atoms. The molecule has 0 saturated heterocycles. The summed E-state index contributed by atoms with van der Waals surface area (Å²) in [5.74, 6) is 5.45. The van der Waals surface area contributed by atoms with Gasteiger partial charge in [0.15, 0.2) is 0 Å². The molecule has 0 unspecified atom stereocenters. The van der Waals surface area contributed by atoms with Crippen LogP contribution >= 0.6 is 0 Å². The zero-order valence-corrected chi connectivity index (χ0v) is 11.4. The molecule has 0 aromatic heterocycles. The van der Waals surface area contributed by atoms with E-state index in [1.165, 1.54) is 12.8 Å². The molecule has 19 heavy (non-hydrogen) atoms. The first-order valence-electron chi connectivity index (χ1n) is 6.76. The maximum Gasteiger partial charge on any atom is 0.224 e. The number of nitrogens with one attached hydrogen (secondary N) is 1. The van der Waals surface area contributed by atoms with Crippen molar-refractivity contribution < 1.29 is 9.90 Å². The number of anilines is 1. The number of hydrogen-bond acceptors (Lipinski definition) is 2. The largest absolute Gasteiger partial charge is 0.384 e. The first-order chi connectivity index (χ1) is 9.26. The van der Waals surface area contributed by atoms with Crippen molar-refractivity contribution in [3.63, 3.8) is 0 Å². The van der Waals surface area contributed by atoms with Crippen LogP contribution in [0.4, 0.5) is 5.69 Å². The monoisotopic (exact) mass is 259 g/mol. The van der Waals surface area contributed by atoms with Crippen LogP contribution in [0.25, 0.3) is 0 Å². The molecule has 1 amide bonds. The Morgan fingerprint density at radius 2 is 2.16 bits per heavy atom. The minimum atomic E-state index is -0.159. The summed E-state index contributed by atoms with van der Waals surface area (Å²) >= 11 is 0. The van der Waals surface area contributed by atoms with Crippen LogP contribution in [0, 0.1) is 11.8 Å². The molecule has 0 aliphatic carbocycles. The number of carbonyl (C=O) groups excluding carboxylic acids is 1. The van der Waals surface area contributed by atoms with Gasteiger partial charge in [-0.2, -0.15) is 0 Å². The fourth-order valence-electron chi connectivity index (χ4n) is 1.75. The van der Waals surface area contributed by atoms with Gasteiger partial charge in [-0.25, -0.2) is 0 Å². The maximum atomic E-state index is 11.7. The van der Waals surface area contributed by atoms with Crippen LogP contribution in [0.1, 0.15) is 44.6 Å². The average molecular weight is 259 g/mol. The van der Waals surface area contributed by atoms with Gasteiger partial charge in [0, 0.05) is 17.7 Å². The number of amides is 1. The number of carbonyl (C=O) groups is 1. The summed E-state index contributed by atoms with van der Waals surface area (Å²) in [5.41, 5.74) is 1.54. The third-order valence-corrected chi connectivity index (χ3v) is 2.72. The average Bonchev–Trinajstić information content (AvgIpc) is 2.42. The van der Waals surface area contributed by atoms with Gasteiger partial charge in [-0.3, -0.25) is 4.79 Å². The van der Waals surface area contributed by atoms with Crippen molar-refractivity contribution in [3.8, 4) is 11.8 Å². The van der Waals surface area contributed by atoms with E-state index in [9.17, 15) is 4.79 Å². The van der Waals surface area contributed by atoms with Crippen molar-refractivity contribution in [1.82, 2.24) is 0 Å². The zero-order valence-electron chi connectivity index (χ0n) is 11.4. The lowest BCUT2D eigenvalue weighted by Gasteiger charge is -2.05. The van der Waals surface area contributed by atoms with Crippen LogP contribution in [0.3, 0.4) is 0 Å². The van der Waals surface area contributed by atoms with Gasteiger partial charge in [0.2, 0.25) is 5.91 Å². The van der Waals surface area contributed by atoms with Gasteiger partial charge >= 0.3 is 0 Å². The van der Waals surface area contributed by atoms with Crippen LogP contribution < -0.4 is 5.32 Å². The number of rotatable bonds is 6. The second-order valence-electron chi connectivity index (χ2n) is 4.40. The van der Waals surface area contributed by atoms with E-state index in [1.807, 2.05) is 24.3 Å². The minimum Gasteiger partial charge on any atom is -0.384 e. The fourth-order valence-corrected chi connectivity index (χ4v) is 1.75. The van der Waals surface area contributed by atoms with Crippen molar-refractivity contribution in [2.75, 3.05) is 11.9 Å². The van der Waals surface area contributed by atoms with E-state index >= 15 is 0 Å². The van der Waals surface area contributed by atoms with E-state index in [0.717, 1.165) is 24.1 Å². The first kappa shape index (κ1) is 15.3. The third kappa shape index (κ3) is 6.64. The summed E-state index contributed by atoms with van der Waals surface area (Å²) in [6.07, 6.45) is 4.95. The normalized spacial score (nSPS) is 9.58. The Morgan fingerprint density at radius 3 is 2.89 bits per heavy atom. The van der Waals surface area contributed by atoms with E-state index in [4.69, 9.17) is 5.11 Å². The molecule has 1 aromatic rings. The number of hydrogen-bond donors (Lipinski definition) is 2. The van der Waals surface area contributed by atoms with Crippen LogP contribution in [0.5, 0.6) is 0 Å². The maximum absolute atomic E-state index is 11.7. The lowest BCUT2D eigenvalue weighted by atomic mass is 10.1. The summed E-state index contributed by atoms with van der Waals surface area (Å²) in [7, 11) is 0. The molecular formula is C16H21NO2. The van der Waals surface area contributed by atoms with E-state index < -0.39 is 0 Å². The first-order valence-corrected chi connectivity index (χ1v) is 6.76. The lowest BCUT2D eigenvalue weighted by molar-refractivity contribution is -0.116. The number of benzene rings is 1. The summed E-state index contributed by atoms with van der Waals surface area (Å²) < 4.78 is 0. The van der Waals surface area contributed by atoms with Crippen molar-refractivity contribution in [2.24, 2.45) is 0 Å². The third-order valence-electron chi connectivity index (χ3n) is 2.72. The second-order valence-corrected chi connectivity index (χ2v) is 4.40. The van der Waals surface area contributed by atoms with Crippen LogP contribution in [-0.4, -0.2) is 17.6 Å². The number of unbranched alkanes of at least 4 members (excludes halogenated alkanes) is 3. The van der Waals surface area contributed by atoms with Crippen molar-refractivity contribution in [3.05, 3.63) is 29.8 Å². The van der Waals surface area contributed by atoms with Crippen molar-refractivity contribution >= 4 is 11.6 Å². The molecule has 3 nitrogen and oxygen atoms in total. The molecular weight excluding hydrogens is 238 g/mol. The highest BCUT2D eigenvalue weighted by atomic mass is 16.2. The van der Waals surface area contributed by atoms with E-state index in [2.05, 4.69) is 24.1 Å². The Balaban J connectivity index is 2.45. The molecule has 0 saturated carbocycles. The smallest absolute Gasteiger partial charge is 0.224 e. The molecule has 1 rings (SSSR count). The molecule has 0 radical (unpaired) electrons. The summed E-state index contributed by atoms with van der Waals surface area (Å²) in [5, 5.41) is 11.5. The second kappa shape index (κ2) is 9.18. The fraction of sp³-hybridized carbons (Fsp3) is 0.438. The molecule has 0 aliphatic heterocycles. The molecule has 0 spiro atoms. The van der Waals surface area contributed by atoms with Gasteiger partial charge in [-0.1, -0.05) is 44.1 Å². The van der Waals surface area contributed by atoms with Gasteiger partial charge in [0.1, 0.15) is 6.61 Å². The highest BCUT2D eigenvalue weighted by Gasteiger charge is 2.02. The zero-order chi connectivity index (χ0) is 13.9. The van der Waals surface area contributed by atoms with Crippen molar-refractivity contribution in [2.45, 2.75) is 39.0 Å². The van der Waals surface area contributed by atoms with Gasteiger partial charge in [0.05, 0.1) is 0 Å². The number of aliphatic hydroxyl groups excluding tert-OH is 1. The topological polar surface area (TPSA) is 49.3 Å². The van der Waals surface area contributed by atoms with E-state index in [1.54, 1.807) is 0 Å². The van der Waals surface area contributed by atoms with E-state index in [-0.39, 0.29) is 12.5 Å². The van der Waals surface area contributed by atoms with Crippen molar-refractivity contribution in [1.29, 1.82) is 0 Å². The SMILES string of the molecule is CCCCCCC(=O)Nc1cccc(C#CCO)c1. The molecule has 3 heteroatoms. The number of aliphatic hydroxyl groups is 1. The van der Waals surface area contributed by atoms with Gasteiger partial charge in [0.25, 0.3) is 0 Å². The molecule has 0 atom stereocenters. The van der Waals surface area contributed by atoms with Crippen LogP contribution in [-0.2, 0) is 4.79 Å². The van der Waals surface area contributed by atoms with Gasteiger partial charge in [-0.15, -0.1) is 0 Å². The predicted octanol–water partition coefficient (Wildman–Crippen LogP) is 2.94. The van der Waals surface area contributed by atoms with E-state index in [0.29, 0.717) is 6.42 Å². The Kier molecular flexibility index (Phi) is 7.38. The summed E-state index contributed by atoms with van der Waals surface area (Å²) in [6, 6.07) is 7.34. The summed E-state index contributed by atoms with van der Waals surface area (Å²) in [6.45, 7) is 1.99. The molecule has 0 aliphatic rings. The standard InChI is InChI=1S/C16H21NO2/c1-2-3-4-5-11-16(19)17-15-10-6-8-14(13-15)9-7-12-18/h6,8,10,13,18H,2-5,11-12H2,1H3,(H,17,19). The Hall–Kier alpha value is -1.79. The van der Waals surface area contributed by atoms with Gasteiger partial charge < -0.3 is 10.4 Å². The van der Waals surface area contributed by atoms with Gasteiger partial charge in [-0.05, 0) is 24.6 Å². The molecule has 2 N–H and O–H groups in total. The molecule has 0 heterocycles. The Bertz CT molecular complexity index is 457. The Labute approximate surface area is 115 Å². The molecule has 1 aromatic carbocycles. The summed E-state index contributed by atoms with van der Waals surface area (Å²) in [4.78, 5) is 11.7. The molecule has 0 fully saturated rings. The highest BCUT2D eigenvalue weighted by Crippen LogP contribution is 2.11. The van der Waals surface area contributed by atoms with Crippen LogP contribution in [0.15, 0.2) is 24.3 Å². The Morgan fingerprint density at radius 1 is 1.32 bits per heavy atom. The highest BCUT2D eigenvalue weighted by molar-refractivity contribution is 5.90. The lowest BCUT2D eigenvalue weighted by Crippen LogP contribution is -2.11. The van der Waals surface area contributed by atoms with Crippen LogP contribution in [0.2, 0.25) is 0 Å². The predicted molar refractivity (Wildman–Crippen MR) is 77.8 cm³/mol.